The number of ether oxygens (including phenoxy) is 3. The van der Waals surface area contributed by atoms with Crippen molar-refractivity contribution in [3.05, 3.63) is 75.8 Å². The zero-order valence-electron chi connectivity index (χ0n) is 29.3. The van der Waals surface area contributed by atoms with E-state index in [0.717, 1.165) is 62.4 Å². The summed E-state index contributed by atoms with van der Waals surface area (Å²) in [5.74, 6) is 3.90. The standard InChI is InChI=1S/C41H53ClN2O4/c1-5-46-40-24-41(36(42)23-30(40)26-43-25-29-15-16-31(45)22-29)48-39-18-17-34-33(11-6-12-35(34)39)32-10-7-14-38(28(32)4)47-21-9-20-44-19-8-13-37(44)27(2)3/h6-7,10-12,14,23-24,27,29,37,39,43H,5,8-9,13,15-22,25-26H2,1-4H3/t29-,37-,39+/m1/s1. The van der Waals surface area contributed by atoms with Gasteiger partial charge >= 0.3 is 0 Å². The van der Waals surface area contributed by atoms with E-state index in [0.29, 0.717) is 60.4 Å². The maximum Gasteiger partial charge on any atom is 0.142 e. The van der Waals surface area contributed by atoms with Crippen LogP contribution in [0.1, 0.15) is 94.1 Å². The summed E-state index contributed by atoms with van der Waals surface area (Å²) in [5, 5.41) is 4.10. The van der Waals surface area contributed by atoms with Crippen LogP contribution in [-0.4, -0.2) is 49.6 Å². The minimum absolute atomic E-state index is 0.0872. The number of halogens is 1. The van der Waals surface area contributed by atoms with Gasteiger partial charge in [0.1, 0.15) is 29.1 Å². The number of likely N-dealkylation sites (tertiary alicyclic amines) is 1. The fraction of sp³-hybridized carbons (Fsp3) is 0.537. The Kier molecular flexibility index (Phi) is 11.7. The Morgan fingerprint density at radius 1 is 0.979 bits per heavy atom. The van der Waals surface area contributed by atoms with Crippen LogP contribution < -0.4 is 19.5 Å². The summed E-state index contributed by atoms with van der Waals surface area (Å²) in [6.45, 7) is 13.9. The summed E-state index contributed by atoms with van der Waals surface area (Å²) in [4.78, 5) is 14.3. The van der Waals surface area contributed by atoms with Crippen molar-refractivity contribution in [3.63, 3.8) is 0 Å². The first-order valence-electron chi connectivity index (χ1n) is 18.2. The lowest BCUT2D eigenvalue weighted by atomic mass is 9.93. The first-order valence-corrected chi connectivity index (χ1v) is 18.6. The van der Waals surface area contributed by atoms with Crippen LogP contribution in [0.3, 0.4) is 0 Å². The highest BCUT2D eigenvalue weighted by atomic mass is 35.5. The van der Waals surface area contributed by atoms with E-state index in [2.05, 4.69) is 67.4 Å². The van der Waals surface area contributed by atoms with Gasteiger partial charge in [-0.25, -0.2) is 0 Å². The fourth-order valence-electron chi connectivity index (χ4n) is 8.11. The van der Waals surface area contributed by atoms with E-state index >= 15 is 0 Å². The summed E-state index contributed by atoms with van der Waals surface area (Å²) in [5.41, 5.74) is 7.22. The van der Waals surface area contributed by atoms with Crippen molar-refractivity contribution in [3.8, 4) is 28.4 Å². The molecule has 6 nitrogen and oxygen atoms in total. The van der Waals surface area contributed by atoms with E-state index in [4.69, 9.17) is 25.8 Å². The molecule has 0 radical (unpaired) electrons. The molecular weight excluding hydrogens is 620 g/mol. The molecule has 0 aromatic heterocycles. The molecule has 1 N–H and O–H groups in total. The second-order valence-electron chi connectivity index (χ2n) is 14.2. The molecular formula is C41H53ClN2O4. The normalized spacial score (nSPS) is 20.9. The van der Waals surface area contributed by atoms with E-state index in [1.165, 1.54) is 47.2 Å². The Morgan fingerprint density at radius 3 is 2.60 bits per heavy atom. The maximum absolute atomic E-state index is 11.7. The van der Waals surface area contributed by atoms with Gasteiger partial charge in [0.05, 0.1) is 18.2 Å². The smallest absolute Gasteiger partial charge is 0.142 e. The van der Waals surface area contributed by atoms with E-state index in [1.54, 1.807) is 0 Å². The molecule has 3 aromatic rings. The Morgan fingerprint density at radius 2 is 1.81 bits per heavy atom. The monoisotopic (exact) mass is 672 g/mol. The molecule has 3 aliphatic rings. The highest BCUT2D eigenvalue weighted by Crippen LogP contribution is 2.44. The van der Waals surface area contributed by atoms with Gasteiger partial charge in [0, 0.05) is 43.6 Å². The number of fused-ring (bicyclic) bond motifs is 1. The maximum atomic E-state index is 11.7. The van der Waals surface area contributed by atoms with Crippen LogP contribution in [-0.2, 0) is 17.8 Å². The van der Waals surface area contributed by atoms with Crippen LogP contribution in [0.4, 0.5) is 0 Å². The topological polar surface area (TPSA) is 60.0 Å². The van der Waals surface area contributed by atoms with E-state index in [9.17, 15) is 4.79 Å². The van der Waals surface area contributed by atoms with Crippen LogP contribution in [0, 0.1) is 18.8 Å². The Labute approximate surface area is 292 Å². The third-order valence-electron chi connectivity index (χ3n) is 10.6. The molecule has 1 saturated heterocycles. The van der Waals surface area contributed by atoms with Crippen molar-refractivity contribution >= 4 is 17.4 Å². The summed E-state index contributed by atoms with van der Waals surface area (Å²) in [6.07, 6.45) is 7.78. The lowest BCUT2D eigenvalue weighted by Gasteiger charge is -2.27. The van der Waals surface area contributed by atoms with Gasteiger partial charge in [-0.1, -0.05) is 55.8 Å². The van der Waals surface area contributed by atoms with Crippen LogP contribution in [0.25, 0.3) is 11.1 Å². The predicted octanol–water partition coefficient (Wildman–Crippen LogP) is 9.13. The SMILES string of the molecule is CCOc1cc(O[C@H]2CCc3c(-c4cccc(OCCCN5CCC[C@@H]5C(C)C)c4C)cccc32)c(Cl)cc1CNC[C@@H]1CCC(=O)C1. The van der Waals surface area contributed by atoms with Gasteiger partial charge < -0.3 is 24.4 Å². The van der Waals surface area contributed by atoms with Gasteiger partial charge in [-0.05, 0) is 117 Å². The third-order valence-corrected chi connectivity index (χ3v) is 10.9. The summed E-state index contributed by atoms with van der Waals surface area (Å²) in [6, 6.07) is 17.6. The molecule has 2 aliphatic carbocycles. The van der Waals surface area contributed by atoms with Crippen molar-refractivity contribution < 1.29 is 19.0 Å². The highest BCUT2D eigenvalue weighted by molar-refractivity contribution is 6.32. The molecule has 2 fully saturated rings. The molecule has 48 heavy (non-hydrogen) atoms. The minimum atomic E-state index is -0.0872. The molecule has 1 saturated carbocycles. The highest BCUT2D eigenvalue weighted by Gasteiger charge is 2.29. The minimum Gasteiger partial charge on any atom is -0.493 e. The summed E-state index contributed by atoms with van der Waals surface area (Å²) < 4.78 is 19.1. The van der Waals surface area contributed by atoms with Crippen molar-refractivity contribution in [2.24, 2.45) is 11.8 Å². The zero-order chi connectivity index (χ0) is 33.6. The van der Waals surface area contributed by atoms with Gasteiger partial charge in [-0.2, -0.15) is 0 Å². The van der Waals surface area contributed by atoms with Crippen molar-refractivity contribution in [1.29, 1.82) is 0 Å². The largest absolute Gasteiger partial charge is 0.493 e. The molecule has 0 amide bonds. The quantitative estimate of drug-likeness (QED) is 0.163. The number of rotatable bonds is 15. The average Bonchev–Trinajstić information content (AvgIpc) is 3.82. The molecule has 3 atom stereocenters. The lowest BCUT2D eigenvalue weighted by Crippen LogP contribution is -2.34. The molecule has 0 bridgehead atoms. The number of nitrogens with zero attached hydrogens (tertiary/aromatic N) is 1. The van der Waals surface area contributed by atoms with Gasteiger partial charge in [0.25, 0.3) is 0 Å². The number of carbonyl (C=O) groups is 1. The van der Waals surface area contributed by atoms with Crippen LogP contribution in [0.5, 0.6) is 17.2 Å². The van der Waals surface area contributed by atoms with E-state index < -0.39 is 0 Å². The average molecular weight is 673 g/mol. The number of benzene rings is 3. The molecule has 1 aliphatic heterocycles. The fourth-order valence-corrected chi connectivity index (χ4v) is 8.34. The Hall–Kier alpha value is -3.06. The zero-order valence-corrected chi connectivity index (χ0v) is 30.0. The van der Waals surface area contributed by atoms with Gasteiger partial charge in [-0.3, -0.25) is 4.79 Å². The molecule has 1 heterocycles. The number of Topliss-reactive ketones (excluding diaryl/α,β-unsaturated/α-hetero) is 1. The second kappa shape index (κ2) is 16.1. The van der Waals surface area contributed by atoms with Crippen molar-refractivity contribution in [2.75, 3.05) is 32.8 Å². The lowest BCUT2D eigenvalue weighted by molar-refractivity contribution is -0.117. The van der Waals surface area contributed by atoms with E-state index in [1.807, 2.05) is 19.1 Å². The molecule has 6 rings (SSSR count). The number of ketones is 1. The Bertz CT molecular complexity index is 1570. The second-order valence-corrected chi connectivity index (χ2v) is 14.6. The molecule has 7 heteroatoms. The number of nitrogens with one attached hydrogen (secondary N) is 1. The first kappa shape index (κ1) is 34.8. The van der Waals surface area contributed by atoms with E-state index in [-0.39, 0.29) is 6.10 Å². The van der Waals surface area contributed by atoms with Crippen LogP contribution in [0.2, 0.25) is 5.02 Å². The number of hydrogen-bond acceptors (Lipinski definition) is 6. The van der Waals surface area contributed by atoms with Crippen molar-refractivity contribution in [2.45, 2.75) is 97.8 Å². The molecule has 258 valence electrons. The van der Waals surface area contributed by atoms with Crippen LogP contribution >= 0.6 is 11.6 Å². The first-order chi connectivity index (χ1) is 23.3. The third kappa shape index (κ3) is 8.04. The van der Waals surface area contributed by atoms with Gasteiger partial charge in [-0.15, -0.1) is 0 Å². The number of carbonyl (C=O) groups excluding carboxylic acids is 1. The van der Waals surface area contributed by atoms with Crippen molar-refractivity contribution in [1.82, 2.24) is 10.2 Å². The molecule has 0 unspecified atom stereocenters. The molecule has 3 aromatic carbocycles. The van der Waals surface area contributed by atoms with Gasteiger partial charge in [0.15, 0.2) is 0 Å². The Balaban J connectivity index is 1.12. The van der Waals surface area contributed by atoms with Crippen LogP contribution in [0.15, 0.2) is 48.5 Å². The molecule has 0 spiro atoms. The summed E-state index contributed by atoms with van der Waals surface area (Å²) in [7, 11) is 0. The number of hydrogen-bond donors (Lipinski definition) is 1. The summed E-state index contributed by atoms with van der Waals surface area (Å²) >= 11 is 6.84. The van der Waals surface area contributed by atoms with Gasteiger partial charge in [0.2, 0.25) is 0 Å². The predicted molar refractivity (Wildman–Crippen MR) is 195 cm³/mol.